The van der Waals surface area contributed by atoms with Crippen LogP contribution in [0.25, 0.3) is 16.6 Å². The zero-order valence-electron chi connectivity index (χ0n) is 23.6. The molecule has 12 heteroatoms. The minimum Gasteiger partial charge on any atom is -0.489 e. The number of hydrogen-bond donors (Lipinski definition) is 3. The summed E-state index contributed by atoms with van der Waals surface area (Å²) in [5.74, 6) is 1.30. The van der Waals surface area contributed by atoms with Crippen LogP contribution >= 0.6 is 0 Å². The third-order valence-electron chi connectivity index (χ3n) is 7.43. The number of piperidine rings is 1. The van der Waals surface area contributed by atoms with E-state index < -0.39 is 17.7 Å². The molecule has 41 heavy (non-hydrogen) atoms. The lowest BCUT2D eigenvalue weighted by atomic mass is 9.85. The normalized spacial score (nSPS) is 19.0. The highest BCUT2D eigenvalue weighted by Gasteiger charge is 2.49. The zero-order valence-corrected chi connectivity index (χ0v) is 23.6. The Hall–Kier alpha value is -4.37. The van der Waals surface area contributed by atoms with Gasteiger partial charge in [0.2, 0.25) is 5.91 Å². The topological polar surface area (TPSA) is 156 Å². The molecule has 3 aromatic heterocycles. The summed E-state index contributed by atoms with van der Waals surface area (Å²) < 4.78 is 7.41. The van der Waals surface area contributed by atoms with E-state index in [9.17, 15) is 25.1 Å². The maximum atomic E-state index is 13.2. The number of piperazine rings is 1. The number of ether oxygens (including phenoxy) is 1. The molecule has 2 unspecified atom stereocenters. The molecule has 0 saturated carbocycles. The van der Waals surface area contributed by atoms with Crippen LogP contribution in [0.2, 0.25) is 0 Å². The van der Waals surface area contributed by atoms with E-state index in [2.05, 4.69) is 21.4 Å². The molecule has 3 fully saturated rings. The first-order valence-electron chi connectivity index (χ1n) is 13.7. The van der Waals surface area contributed by atoms with Crippen LogP contribution in [0.1, 0.15) is 46.1 Å². The molecule has 0 aromatic carbocycles. The van der Waals surface area contributed by atoms with E-state index in [1.165, 1.54) is 6.20 Å². The number of carbonyl (C=O) groups is 2. The van der Waals surface area contributed by atoms with Crippen molar-refractivity contribution in [2.45, 2.75) is 64.3 Å². The fourth-order valence-corrected chi connectivity index (χ4v) is 5.65. The average Bonchev–Trinajstić information content (AvgIpc) is 3.33. The summed E-state index contributed by atoms with van der Waals surface area (Å²) in [7, 11) is 0. The van der Waals surface area contributed by atoms with Gasteiger partial charge in [0, 0.05) is 30.4 Å². The summed E-state index contributed by atoms with van der Waals surface area (Å²) >= 11 is 0. The Kier molecular flexibility index (Phi) is 7.48. The first-order valence-corrected chi connectivity index (χ1v) is 13.7. The quantitative estimate of drug-likeness (QED) is 0.357. The fourth-order valence-electron chi connectivity index (χ4n) is 5.65. The summed E-state index contributed by atoms with van der Waals surface area (Å²) in [6.45, 7) is 8.57. The second-order valence-corrected chi connectivity index (χ2v) is 11.9. The number of nitrogens with one attached hydrogen (secondary N) is 1. The van der Waals surface area contributed by atoms with Crippen LogP contribution in [0.15, 0.2) is 36.8 Å². The molecule has 3 saturated heterocycles. The molecule has 2 amide bonds. The summed E-state index contributed by atoms with van der Waals surface area (Å²) in [6, 6.07) is 7.12. The highest BCUT2D eigenvalue weighted by Crippen LogP contribution is 2.36. The van der Waals surface area contributed by atoms with Crippen molar-refractivity contribution < 1.29 is 24.5 Å². The van der Waals surface area contributed by atoms with Gasteiger partial charge in [-0.05, 0) is 50.8 Å². The van der Waals surface area contributed by atoms with Gasteiger partial charge in [0.25, 0.3) is 0 Å². The third kappa shape index (κ3) is 5.90. The summed E-state index contributed by atoms with van der Waals surface area (Å²) in [6.07, 6.45) is 5.08. The Balaban J connectivity index is 1.34. The Bertz CT molecular complexity index is 1480. The summed E-state index contributed by atoms with van der Waals surface area (Å²) in [5.41, 5.74) is 1.55. The number of aliphatic hydroxyl groups is 1. The van der Waals surface area contributed by atoms with Gasteiger partial charge in [-0.3, -0.25) is 4.79 Å². The average molecular weight is 562 g/mol. The number of amides is 2. The summed E-state index contributed by atoms with van der Waals surface area (Å²) in [5, 5.41) is 35.7. The number of nitriles is 1. The molecule has 6 heterocycles. The SMILES string of the molecule is CC(C)C[C@@H](NC(=O)O)C(=O)N1C2CC1CN(c1ccc(-c3cc(OCC(C)(C)O)cn4ncc(C#N)c34)cn1)C2. The van der Waals surface area contributed by atoms with Crippen molar-refractivity contribution in [2.75, 3.05) is 24.6 Å². The first kappa shape index (κ1) is 28.2. The lowest BCUT2D eigenvalue weighted by Crippen LogP contribution is -2.72. The predicted octanol–water partition coefficient (Wildman–Crippen LogP) is 2.89. The minimum absolute atomic E-state index is 0.00203. The standard InChI is InChI=1S/C29H35N7O5/c1-17(2)7-24(33-28(38)39)27(37)36-20-8-21(36)14-34(13-20)25-6-5-18(11-31-25)23-9-22(41-16-29(3,4)40)15-35-26(23)19(10-30)12-32-35/h5-6,9,11-12,15,17,20-21,24,33,40H,7-8,13-14,16H2,1-4H3,(H,38,39)/t20?,21?,24-/m1/s1. The highest BCUT2D eigenvalue weighted by atomic mass is 16.5. The number of carbonyl (C=O) groups excluding carboxylic acids is 1. The van der Waals surface area contributed by atoms with Gasteiger partial charge in [0.05, 0.1) is 41.2 Å². The molecule has 2 bridgehead atoms. The lowest BCUT2D eigenvalue weighted by molar-refractivity contribution is -0.148. The number of aromatic nitrogens is 3. The Labute approximate surface area is 238 Å². The largest absolute Gasteiger partial charge is 0.489 e. The molecular weight excluding hydrogens is 526 g/mol. The van der Waals surface area contributed by atoms with Crippen LogP contribution in [0, 0.1) is 17.2 Å². The van der Waals surface area contributed by atoms with Crippen LogP contribution in [0.5, 0.6) is 5.75 Å². The number of pyridine rings is 2. The maximum absolute atomic E-state index is 13.2. The highest BCUT2D eigenvalue weighted by molar-refractivity contribution is 5.87. The van der Waals surface area contributed by atoms with Gasteiger partial charge in [-0.2, -0.15) is 10.4 Å². The van der Waals surface area contributed by atoms with E-state index in [-0.39, 0.29) is 30.5 Å². The molecular formula is C29H35N7O5. The van der Waals surface area contributed by atoms with Crippen molar-refractivity contribution in [1.82, 2.24) is 24.8 Å². The van der Waals surface area contributed by atoms with Crippen LogP contribution in [-0.2, 0) is 4.79 Å². The van der Waals surface area contributed by atoms with Crippen molar-refractivity contribution >= 4 is 23.3 Å². The van der Waals surface area contributed by atoms with Gasteiger partial charge in [0.1, 0.15) is 30.3 Å². The summed E-state index contributed by atoms with van der Waals surface area (Å²) in [4.78, 5) is 33.2. The van der Waals surface area contributed by atoms with Crippen molar-refractivity contribution in [3.63, 3.8) is 0 Å². The van der Waals surface area contributed by atoms with Gasteiger partial charge >= 0.3 is 6.09 Å². The van der Waals surface area contributed by atoms with Crippen LogP contribution in [0.3, 0.4) is 0 Å². The van der Waals surface area contributed by atoms with Gasteiger partial charge in [-0.1, -0.05) is 13.8 Å². The van der Waals surface area contributed by atoms with E-state index >= 15 is 0 Å². The van der Waals surface area contributed by atoms with E-state index in [1.54, 1.807) is 30.8 Å². The van der Waals surface area contributed by atoms with Crippen molar-refractivity contribution in [3.8, 4) is 22.9 Å². The molecule has 3 aromatic rings. The van der Waals surface area contributed by atoms with E-state index in [0.717, 1.165) is 23.4 Å². The van der Waals surface area contributed by atoms with Gasteiger partial charge in [0.15, 0.2) is 0 Å². The third-order valence-corrected chi connectivity index (χ3v) is 7.43. The maximum Gasteiger partial charge on any atom is 0.405 e. The molecule has 216 valence electrons. The van der Waals surface area contributed by atoms with E-state index in [1.807, 2.05) is 36.9 Å². The van der Waals surface area contributed by atoms with Crippen molar-refractivity contribution in [3.05, 3.63) is 42.4 Å². The predicted molar refractivity (Wildman–Crippen MR) is 151 cm³/mol. The molecule has 6 rings (SSSR count). The fraction of sp³-hybridized carbons (Fsp3) is 0.483. The monoisotopic (exact) mass is 561 g/mol. The lowest BCUT2D eigenvalue weighted by Gasteiger charge is -2.57. The molecule has 0 aliphatic carbocycles. The Morgan fingerprint density at radius 1 is 1.24 bits per heavy atom. The van der Waals surface area contributed by atoms with Crippen LogP contribution in [-0.4, -0.2) is 85.1 Å². The minimum atomic E-state index is -1.19. The molecule has 3 atom stereocenters. The number of hydrogen-bond acceptors (Lipinski definition) is 8. The molecule has 3 N–H and O–H groups in total. The number of carboxylic acid groups (broad SMARTS) is 1. The second-order valence-electron chi connectivity index (χ2n) is 11.9. The van der Waals surface area contributed by atoms with Gasteiger partial charge in [-0.25, -0.2) is 14.3 Å². The van der Waals surface area contributed by atoms with Crippen LogP contribution < -0.4 is 15.0 Å². The van der Waals surface area contributed by atoms with Crippen molar-refractivity contribution in [2.24, 2.45) is 5.92 Å². The molecule has 3 aliphatic rings. The molecule has 0 radical (unpaired) electrons. The number of nitrogens with zero attached hydrogens (tertiary/aromatic N) is 6. The Morgan fingerprint density at radius 2 is 1.98 bits per heavy atom. The molecule has 0 spiro atoms. The number of rotatable bonds is 9. The van der Waals surface area contributed by atoms with Crippen LogP contribution in [0.4, 0.5) is 10.6 Å². The number of anilines is 1. The van der Waals surface area contributed by atoms with E-state index in [4.69, 9.17) is 9.72 Å². The Morgan fingerprint density at radius 3 is 2.56 bits per heavy atom. The first-order chi connectivity index (χ1) is 19.4. The molecule has 3 aliphatic heterocycles. The second kappa shape index (κ2) is 10.9. The zero-order chi connectivity index (χ0) is 29.5. The molecule has 12 nitrogen and oxygen atoms in total. The smallest absolute Gasteiger partial charge is 0.405 e. The van der Waals surface area contributed by atoms with E-state index in [0.29, 0.717) is 36.3 Å². The number of fused-ring (bicyclic) bond motifs is 3. The van der Waals surface area contributed by atoms with Gasteiger partial charge < -0.3 is 30.1 Å². The van der Waals surface area contributed by atoms with Crippen molar-refractivity contribution in [1.29, 1.82) is 5.26 Å². The van der Waals surface area contributed by atoms with Gasteiger partial charge in [-0.15, -0.1) is 0 Å².